The van der Waals surface area contributed by atoms with E-state index in [-0.39, 0.29) is 12.3 Å². The molecule has 0 fully saturated rings. The largest absolute Gasteiger partial charge is 0.292 e. The maximum Gasteiger partial charge on any atom is 0.184 e. The number of Topliss-reactive ketones (excluding diaryl/α,β-unsaturated/α-hetero) is 1. The number of aromatic nitrogens is 3. The van der Waals surface area contributed by atoms with E-state index in [0.29, 0.717) is 15.6 Å². The molecule has 6 heteroatoms. The normalized spacial score (nSPS) is 11.1. The second-order valence-corrected chi connectivity index (χ2v) is 6.04. The third kappa shape index (κ3) is 2.72. The number of carbonyl (C=O) groups is 1. The fourth-order valence-electron chi connectivity index (χ4n) is 2.24. The van der Waals surface area contributed by atoms with Gasteiger partial charge in [0, 0.05) is 5.56 Å². The molecule has 0 N–H and O–H groups in total. The van der Waals surface area contributed by atoms with E-state index in [1.807, 2.05) is 26.0 Å². The highest BCUT2D eigenvalue weighted by atomic mass is 35.5. The Morgan fingerprint density at radius 1 is 1.09 bits per heavy atom. The monoisotopic (exact) mass is 333 g/mol. The van der Waals surface area contributed by atoms with Gasteiger partial charge in [0.2, 0.25) is 0 Å². The van der Waals surface area contributed by atoms with E-state index in [1.165, 1.54) is 0 Å². The van der Waals surface area contributed by atoms with Gasteiger partial charge in [-0.2, -0.15) is 0 Å². The quantitative estimate of drug-likeness (QED) is 0.673. The van der Waals surface area contributed by atoms with Gasteiger partial charge in [0.25, 0.3) is 0 Å². The van der Waals surface area contributed by atoms with E-state index < -0.39 is 0 Å². The summed E-state index contributed by atoms with van der Waals surface area (Å²) >= 11 is 11.8. The second kappa shape index (κ2) is 5.71. The van der Waals surface area contributed by atoms with Crippen LogP contribution in [0, 0.1) is 13.8 Å². The number of nitrogens with zero attached hydrogens (tertiary/aromatic N) is 3. The van der Waals surface area contributed by atoms with Gasteiger partial charge in [0.05, 0.1) is 15.6 Å². The first-order valence-electron chi connectivity index (χ1n) is 6.74. The second-order valence-electron chi connectivity index (χ2n) is 5.22. The molecule has 0 bridgehead atoms. The number of benzene rings is 2. The Morgan fingerprint density at radius 3 is 2.55 bits per heavy atom. The highest BCUT2D eigenvalue weighted by Crippen LogP contribution is 2.23. The van der Waals surface area contributed by atoms with E-state index in [1.54, 1.807) is 22.9 Å². The first kappa shape index (κ1) is 15.0. The van der Waals surface area contributed by atoms with Gasteiger partial charge in [0.15, 0.2) is 5.78 Å². The number of hydrogen-bond donors (Lipinski definition) is 0. The van der Waals surface area contributed by atoms with Gasteiger partial charge in [-0.3, -0.25) is 4.79 Å². The van der Waals surface area contributed by atoms with Crippen molar-refractivity contribution in [1.29, 1.82) is 0 Å². The van der Waals surface area contributed by atoms with E-state index >= 15 is 0 Å². The molecule has 0 aliphatic heterocycles. The minimum absolute atomic E-state index is 0.0939. The van der Waals surface area contributed by atoms with Crippen LogP contribution in [0.1, 0.15) is 21.5 Å². The Labute approximate surface area is 137 Å². The summed E-state index contributed by atoms with van der Waals surface area (Å²) in [6.45, 7) is 4.15. The topological polar surface area (TPSA) is 47.8 Å². The lowest BCUT2D eigenvalue weighted by molar-refractivity contribution is 0.0968. The summed E-state index contributed by atoms with van der Waals surface area (Å²) in [6.07, 6.45) is 0. The Kier molecular flexibility index (Phi) is 3.89. The third-order valence-corrected chi connectivity index (χ3v) is 4.40. The van der Waals surface area contributed by atoms with Crippen LogP contribution in [-0.4, -0.2) is 20.8 Å². The van der Waals surface area contributed by atoms with Crippen LogP contribution < -0.4 is 0 Å². The van der Waals surface area contributed by atoms with Crippen LogP contribution in [0.5, 0.6) is 0 Å². The molecule has 3 rings (SSSR count). The molecule has 4 nitrogen and oxygen atoms in total. The van der Waals surface area contributed by atoms with Crippen molar-refractivity contribution in [2.45, 2.75) is 20.4 Å². The summed E-state index contributed by atoms with van der Waals surface area (Å²) in [5.41, 5.74) is 4.41. The Hall–Kier alpha value is -1.91. The van der Waals surface area contributed by atoms with Gasteiger partial charge in [-0.1, -0.05) is 28.4 Å². The number of fused-ring (bicyclic) bond motifs is 1. The standard InChI is InChI=1S/C16H13Cl2N3O/c1-9-5-14-15(6-10(9)2)21(20-19-14)8-16(22)11-3-4-12(17)13(18)7-11/h3-7H,8H2,1-2H3. The summed E-state index contributed by atoms with van der Waals surface area (Å²) in [4.78, 5) is 12.4. The molecule has 1 aromatic heterocycles. The smallest absolute Gasteiger partial charge is 0.184 e. The molecule has 0 aliphatic rings. The zero-order chi connectivity index (χ0) is 15.9. The van der Waals surface area contributed by atoms with E-state index in [0.717, 1.165) is 22.2 Å². The summed E-state index contributed by atoms with van der Waals surface area (Å²) in [7, 11) is 0. The average molecular weight is 334 g/mol. The molecule has 1 heterocycles. The number of halogens is 2. The van der Waals surface area contributed by atoms with Crippen molar-refractivity contribution in [2.24, 2.45) is 0 Å². The lowest BCUT2D eigenvalue weighted by Crippen LogP contribution is -2.12. The van der Waals surface area contributed by atoms with E-state index in [4.69, 9.17) is 23.2 Å². The number of rotatable bonds is 3. The first-order chi connectivity index (χ1) is 10.5. The molecule has 2 aromatic carbocycles. The van der Waals surface area contributed by atoms with E-state index in [2.05, 4.69) is 10.3 Å². The van der Waals surface area contributed by atoms with Crippen molar-refractivity contribution < 1.29 is 4.79 Å². The van der Waals surface area contributed by atoms with Gasteiger partial charge in [-0.25, -0.2) is 4.68 Å². The van der Waals surface area contributed by atoms with E-state index in [9.17, 15) is 4.79 Å². The minimum Gasteiger partial charge on any atom is -0.292 e. The molecule has 22 heavy (non-hydrogen) atoms. The SMILES string of the molecule is Cc1cc2nnn(CC(=O)c3ccc(Cl)c(Cl)c3)c2cc1C. The molecule has 0 radical (unpaired) electrons. The van der Waals surface area contributed by atoms with Crippen molar-refractivity contribution in [3.8, 4) is 0 Å². The molecule has 0 amide bonds. The molecule has 0 spiro atoms. The first-order valence-corrected chi connectivity index (χ1v) is 7.50. The Morgan fingerprint density at radius 2 is 1.82 bits per heavy atom. The Bertz CT molecular complexity index is 886. The number of ketones is 1. The van der Waals surface area contributed by atoms with Gasteiger partial charge in [-0.05, 0) is 55.3 Å². The maximum absolute atomic E-state index is 12.4. The summed E-state index contributed by atoms with van der Waals surface area (Å²) in [5, 5.41) is 8.97. The van der Waals surface area contributed by atoms with Crippen LogP contribution in [0.3, 0.4) is 0 Å². The highest BCUT2D eigenvalue weighted by Gasteiger charge is 2.13. The van der Waals surface area contributed by atoms with Gasteiger partial charge >= 0.3 is 0 Å². The summed E-state index contributed by atoms with van der Waals surface area (Å²) in [6, 6.07) is 8.81. The van der Waals surface area contributed by atoms with Gasteiger partial charge in [0.1, 0.15) is 12.1 Å². The number of aryl methyl sites for hydroxylation is 2. The zero-order valence-electron chi connectivity index (χ0n) is 12.1. The lowest BCUT2D eigenvalue weighted by atomic mass is 10.1. The van der Waals surface area contributed by atoms with Crippen LogP contribution in [0.15, 0.2) is 30.3 Å². The number of carbonyl (C=O) groups excluding carboxylic acids is 1. The molecule has 0 saturated heterocycles. The van der Waals surface area contributed by atoms with Crippen molar-refractivity contribution in [1.82, 2.24) is 15.0 Å². The van der Waals surface area contributed by atoms with Crippen molar-refractivity contribution >= 4 is 40.0 Å². The highest BCUT2D eigenvalue weighted by molar-refractivity contribution is 6.42. The minimum atomic E-state index is -0.0939. The summed E-state index contributed by atoms with van der Waals surface area (Å²) < 4.78 is 1.60. The molecule has 0 aliphatic carbocycles. The predicted molar refractivity (Wildman–Crippen MR) is 87.8 cm³/mol. The third-order valence-electron chi connectivity index (χ3n) is 3.66. The molecule has 0 unspecified atom stereocenters. The molecule has 3 aromatic rings. The van der Waals surface area contributed by atoms with Crippen molar-refractivity contribution in [3.63, 3.8) is 0 Å². The molecule has 0 atom stereocenters. The fraction of sp³-hybridized carbons (Fsp3) is 0.188. The van der Waals surface area contributed by atoms with Gasteiger partial charge < -0.3 is 0 Å². The lowest BCUT2D eigenvalue weighted by Gasteiger charge is -2.05. The van der Waals surface area contributed by atoms with Crippen molar-refractivity contribution in [2.75, 3.05) is 0 Å². The molecular weight excluding hydrogens is 321 g/mol. The molecule has 112 valence electrons. The summed E-state index contributed by atoms with van der Waals surface area (Å²) in [5.74, 6) is -0.0939. The van der Waals surface area contributed by atoms with Crippen LogP contribution in [-0.2, 0) is 6.54 Å². The van der Waals surface area contributed by atoms with Crippen LogP contribution >= 0.6 is 23.2 Å². The average Bonchev–Trinajstić information content (AvgIpc) is 2.84. The Balaban J connectivity index is 1.94. The van der Waals surface area contributed by atoms with Gasteiger partial charge in [-0.15, -0.1) is 5.10 Å². The fourth-order valence-corrected chi connectivity index (χ4v) is 2.53. The maximum atomic E-state index is 12.4. The van der Waals surface area contributed by atoms with Crippen molar-refractivity contribution in [3.05, 3.63) is 57.1 Å². The van der Waals surface area contributed by atoms with Crippen LogP contribution in [0.25, 0.3) is 11.0 Å². The number of hydrogen-bond acceptors (Lipinski definition) is 3. The zero-order valence-corrected chi connectivity index (χ0v) is 13.6. The molecule has 0 saturated carbocycles. The molecular formula is C16H13Cl2N3O. The van der Waals surface area contributed by atoms with Crippen LogP contribution in [0.4, 0.5) is 0 Å². The predicted octanol–water partition coefficient (Wildman–Crippen LogP) is 4.24. The van der Waals surface area contributed by atoms with Crippen LogP contribution in [0.2, 0.25) is 10.0 Å².